The van der Waals surface area contributed by atoms with Crippen molar-refractivity contribution >= 4 is 44.8 Å². The van der Waals surface area contributed by atoms with Crippen LogP contribution >= 0.6 is 22.9 Å². The highest BCUT2D eigenvalue weighted by atomic mass is 35.5. The number of rotatable bonds is 5. The molecule has 1 heterocycles. The average Bonchev–Trinajstić information content (AvgIpc) is 3.14. The molecule has 162 valence electrons. The fourth-order valence-corrected chi connectivity index (χ4v) is 4.62. The number of carbonyl (C=O) groups excluding carboxylic acids is 2. The first-order valence-electron chi connectivity index (χ1n) is 8.96. The van der Waals surface area contributed by atoms with E-state index in [0.29, 0.717) is 20.6 Å². The summed E-state index contributed by atoms with van der Waals surface area (Å²) in [7, 11) is -0.886. The van der Waals surface area contributed by atoms with Crippen LogP contribution in [0.2, 0.25) is 5.02 Å². The Kier molecular flexibility index (Phi) is 6.75. The van der Waals surface area contributed by atoms with Crippen LogP contribution in [0.15, 0.2) is 53.4 Å². The molecular formula is C20H19ClN4O4S2. The van der Waals surface area contributed by atoms with Crippen LogP contribution in [-0.4, -0.2) is 43.6 Å². The van der Waals surface area contributed by atoms with Crippen molar-refractivity contribution in [3.8, 4) is 10.6 Å². The molecular weight excluding hydrogens is 460 g/mol. The van der Waals surface area contributed by atoms with Gasteiger partial charge in [-0.05, 0) is 37.3 Å². The standard InChI is InChI=1S/C20H19ClN4O4S2/c1-12-17(30-20(22-12)13-7-9-15(21)10-8-13)19(27)24-23-18(26)14-5-4-6-16(11-14)31(28,29)25(2)3/h4-11H,1-3H3,(H,23,26)(H,24,27). The molecule has 0 saturated heterocycles. The Labute approximate surface area is 188 Å². The second-order valence-electron chi connectivity index (χ2n) is 6.66. The molecule has 31 heavy (non-hydrogen) atoms. The van der Waals surface area contributed by atoms with Gasteiger partial charge in [0, 0.05) is 30.2 Å². The molecule has 2 N–H and O–H groups in total. The maximum Gasteiger partial charge on any atom is 0.281 e. The SMILES string of the molecule is Cc1nc(-c2ccc(Cl)cc2)sc1C(=O)NNC(=O)c1cccc(S(=O)(=O)N(C)C)c1. The topological polar surface area (TPSA) is 108 Å². The minimum absolute atomic E-state index is 0.0256. The lowest BCUT2D eigenvalue weighted by molar-refractivity contribution is 0.0848. The third-order valence-corrected chi connectivity index (χ3v) is 7.53. The number of amides is 2. The molecule has 3 aromatic rings. The molecule has 0 aliphatic heterocycles. The van der Waals surface area contributed by atoms with E-state index in [-0.39, 0.29) is 10.5 Å². The number of nitrogens with one attached hydrogen (secondary N) is 2. The van der Waals surface area contributed by atoms with Crippen molar-refractivity contribution < 1.29 is 18.0 Å². The van der Waals surface area contributed by atoms with E-state index in [1.54, 1.807) is 31.2 Å². The van der Waals surface area contributed by atoms with Crippen LogP contribution in [0.1, 0.15) is 25.7 Å². The number of halogens is 1. The molecule has 0 bridgehead atoms. The number of carbonyl (C=O) groups is 2. The first-order chi connectivity index (χ1) is 14.6. The van der Waals surface area contributed by atoms with Crippen molar-refractivity contribution in [2.45, 2.75) is 11.8 Å². The normalized spacial score (nSPS) is 11.4. The van der Waals surface area contributed by atoms with Crippen LogP contribution in [0.4, 0.5) is 0 Å². The van der Waals surface area contributed by atoms with Crippen molar-refractivity contribution in [1.82, 2.24) is 20.1 Å². The van der Waals surface area contributed by atoms with Crippen molar-refractivity contribution in [2.75, 3.05) is 14.1 Å². The number of aromatic nitrogens is 1. The largest absolute Gasteiger partial charge is 0.281 e. The number of hydrazine groups is 1. The molecule has 0 radical (unpaired) electrons. The predicted molar refractivity (Wildman–Crippen MR) is 120 cm³/mol. The summed E-state index contributed by atoms with van der Waals surface area (Å²) in [6.45, 7) is 1.70. The van der Waals surface area contributed by atoms with Crippen molar-refractivity contribution in [3.05, 3.63) is 69.7 Å². The average molecular weight is 479 g/mol. The van der Waals surface area contributed by atoms with Gasteiger partial charge >= 0.3 is 0 Å². The smallest absolute Gasteiger partial charge is 0.267 e. The lowest BCUT2D eigenvalue weighted by atomic mass is 10.2. The number of sulfonamides is 1. The Balaban J connectivity index is 1.71. The van der Waals surface area contributed by atoms with Crippen LogP contribution in [0.25, 0.3) is 10.6 Å². The first-order valence-corrected chi connectivity index (χ1v) is 11.6. The lowest BCUT2D eigenvalue weighted by Gasteiger charge is -2.12. The Morgan fingerprint density at radius 3 is 2.32 bits per heavy atom. The summed E-state index contributed by atoms with van der Waals surface area (Å²) >= 11 is 7.08. The molecule has 0 unspecified atom stereocenters. The van der Waals surface area contributed by atoms with E-state index >= 15 is 0 Å². The number of hydrogen-bond donors (Lipinski definition) is 2. The third-order valence-electron chi connectivity index (χ3n) is 4.26. The molecule has 3 rings (SSSR count). The maximum atomic E-state index is 12.5. The van der Waals surface area contributed by atoms with Gasteiger partial charge in [-0.3, -0.25) is 20.4 Å². The van der Waals surface area contributed by atoms with Gasteiger partial charge in [0.05, 0.1) is 10.6 Å². The van der Waals surface area contributed by atoms with Gasteiger partial charge in [0.25, 0.3) is 11.8 Å². The highest BCUT2D eigenvalue weighted by molar-refractivity contribution is 7.89. The van der Waals surface area contributed by atoms with Gasteiger partial charge in [0.15, 0.2) is 0 Å². The molecule has 2 aromatic carbocycles. The monoisotopic (exact) mass is 478 g/mol. The van der Waals surface area contributed by atoms with Gasteiger partial charge in [-0.2, -0.15) is 0 Å². The zero-order chi connectivity index (χ0) is 22.8. The molecule has 8 nitrogen and oxygen atoms in total. The van der Waals surface area contributed by atoms with Crippen LogP contribution in [0.3, 0.4) is 0 Å². The molecule has 0 aliphatic rings. The highest BCUT2D eigenvalue weighted by Gasteiger charge is 2.20. The third kappa shape index (κ3) is 5.10. The second-order valence-corrected chi connectivity index (χ2v) is 10.3. The van der Waals surface area contributed by atoms with Crippen molar-refractivity contribution in [1.29, 1.82) is 0 Å². The molecule has 0 atom stereocenters. The zero-order valence-corrected chi connectivity index (χ0v) is 19.2. The van der Waals surface area contributed by atoms with E-state index in [1.165, 1.54) is 49.7 Å². The Morgan fingerprint density at radius 2 is 1.68 bits per heavy atom. The summed E-state index contributed by atoms with van der Waals surface area (Å²) < 4.78 is 25.5. The molecule has 2 amide bonds. The summed E-state index contributed by atoms with van der Waals surface area (Å²) in [6.07, 6.45) is 0. The summed E-state index contributed by atoms with van der Waals surface area (Å²) in [4.78, 5) is 29.7. The van der Waals surface area contributed by atoms with Crippen molar-refractivity contribution in [2.24, 2.45) is 0 Å². The van der Waals surface area contributed by atoms with E-state index in [2.05, 4.69) is 15.8 Å². The lowest BCUT2D eigenvalue weighted by Crippen LogP contribution is -2.41. The second kappa shape index (κ2) is 9.15. The summed E-state index contributed by atoms with van der Waals surface area (Å²) in [6, 6.07) is 12.6. The highest BCUT2D eigenvalue weighted by Crippen LogP contribution is 2.28. The van der Waals surface area contributed by atoms with E-state index in [4.69, 9.17) is 11.6 Å². The number of thiazole rings is 1. The van der Waals surface area contributed by atoms with Crippen LogP contribution in [0, 0.1) is 6.92 Å². The summed E-state index contributed by atoms with van der Waals surface area (Å²) in [5.41, 5.74) is 6.07. The maximum absolute atomic E-state index is 12.5. The molecule has 0 fully saturated rings. The fourth-order valence-electron chi connectivity index (χ4n) is 2.57. The number of hydrogen-bond acceptors (Lipinski definition) is 6. The van der Waals surface area contributed by atoms with Gasteiger partial charge in [0.1, 0.15) is 9.88 Å². The van der Waals surface area contributed by atoms with Crippen LogP contribution in [-0.2, 0) is 10.0 Å². The zero-order valence-electron chi connectivity index (χ0n) is 16.8. The van der Waals surface area contributed by atoms with Gasteiger partial charge in [-0.15, -0.1) is 11.3 Å². The van der Waals surface area contributed by atoms with E-state index in [0.717, 1.165) is 9.87 Å². The Hall–Kier alpha value is -2.79. The minimum Gasteiger partial charge on any atom is -0.267 e. The van der Waals surface area contributed by atoms with Crippen LogP contribution < -0.4 is 10.9 Å². The number of benzene rings is 2. The number of nitrogens with zero attached hydrogens (tertiary/aromatic N) is 2. The molecule has 1 aromatic heterocycles. The summed E-state index contributed by atoms with van der Waals surface area (Å²) in [5, 5.41) is 1.24. The minimum atomic E-state index is -3.69. The summed E-state index contributed by atoms with van der Waals surface area (Å²) in [5.74, 6) is -1.18. The molecule has 0 saturated carbocycles. The molecule has 11 heteroatoms. The van der Waals surface area contributed by atoms with Gasteiger partial charge in [0.2, 0.25) is 10.0 Å². The Morgan fingerprint density at radius 1 is 1.03 bits per heavy atom. The fraction of sp³-hybridized carbons (Fsp3) is 0.150. The van der Waals surface area contributed by atoms with E-state index in [1.807, 2.05) is 0 Å². The predicted octanol–water partition coefficient (Wildman–Crippen LogP) is 3.10. The quantitative estimate of drug-likeness (QED) is 0.548. The Bertz CT molecular complexity index is 1240. The molecule has 0 aliphatic carbocycles. The van der Waals surface area contributed by atoms with Gasteiger partial charge < -0.3 is 0 Å². The van der Waals surface area contributed by atoms with Gasteiger partial charge in [-0.25, -0.2) is 17.7 Å². The van der Waals surface area contributed by atoms with E-state index in [9.17, 15) is 18.0 Å². The molecule has 0 spiro atoms. The van der Waals surface area contributed by atoms with Gasteiger partial charge in [-0.1, -0.05) is 29.8 Å². The van der Waals surface area contributed by atoms with E-state index < -0.39 is 21.8 Å². The number of aryl methyl sites for hydroxylation is 1. The van der Waals surface area contributed by atoms with Crippen LogP contribution in [0.5, 0.6) is 0 Å². The van der Waals surface area contributed by atoms with Crippen molar-refractivity contribution in [3.63, 3.8) is 0 Å². The first kappa shape index (κ1) is 22.9.